The number of carboxylic acids is 1. The van der Waals surface area contributed by atoms with Crippen molar-refractivity contribution in [3.05, 3.63) is 64.0 Å². The van der Waals surface area contributed by atoms with Crippen molar-refractivity contribution in [2.45, 2.75) is 45.9 Å². The van der Waals surface area contributed by atoms with Gasteiger partial charge in [0, 0.05) is 48.7 Å². The van der Waals surface area contributed by atoms with Gasteiger partial charge >= 0.3 is 5.97 Å². The Kier molecular flexibility index (Phi) is 7.98. The van der Waals surface area contributed by atoms with Gasteiger partial charge < -0.3 is 19.5 Å². The van der Waals surface area contributed by atoms with Crippen molar-refractivity contribution in [3.63, 3.8) is 0 Å². The van der Waals surface area contributed by atoms with Crippen LogP contribution >= 0.6 is 11.3 Å². The molecule has 41 heavy (non-hydrogen) atoms. The second-order valence-electron chi connectivity index (χ2n) is 11.7. The lowest BCUT2D eigenvalue weighted by molar-refractivity contribution is -0.144. The second-order valence-corrected chi connectivity index (χ2v) is 12.5. The molecule has 214 valence electrons. The highest BCUT2D eigenvalue weighted by Gasteiger charge is 2.46. The summed E-state index contributed by atoms with van der Waals surface area (Å²) in [5.41, 5.74) is 5.49. The van der Waals surface area contributed by atoms with Crippen molar-refractivity contribution >= 4 is 22.4 Å². The van der Waals surface area contributed by atoms with E-state index < -0.39 is 5.97 Å². The summed E-state index contributed by atoms with van der Waals surface area (Å²) in [5, 5.41) is 22.6. The molecule has 3 heterocycles. The maximum absolute atomic E-state index is 11.8. The molecule has 2 saturated heterocycles. The number of thiazole rings is 1. The number of aryl methyl sites for hydroxylation is 1. The lowest BCUT2D eigenvalue weighted by Crippen LogP contribution is -2.44. The summed E-state index contributed by atoms with van der Waals surface area (Å²) in [6.45, 7) is 9.17. The van der Waals surface area contributed by atoms with Crippen LogP contribution in [0.2, 0.25) is 0 Å². The van der Waals surface area contributed by atoms with Crippen molar-refractivity contribution in [2.24, 2.45) is 17.8 Å². The highest BCUT2D eigenvalue weighted by Crippen LogP contribution is 2.44. The van der Waals surface area contributed by atoms with Crippen molar-refractivity contribution in [2.75, 3.05) is 37.7 Å². The maximum atomic E-state index is 11.8. The average molecular weight is 573 g/mol. The van der Waals surface area contributed by atoms with Crippen LogP contribution in [0.5, 0.6) is 5.75 Å². The molecule has 1 unspecified atom stereocenters. The number of rotatable bonds is 8. The van der Waals surface area contributed by atoms with Gasteiger partial charge in [-0.05, 0) is 62.3 Å². The summed E-state index contributed by atoms with van der Waals surface area (Å²) in [6.07, 6.45) is 1.95. The Hall–Kier alpha value is -3.45. The molecule has 1 N–H and O–H groups in total. The van der Waals surface area contributed by atoms with Gasteiger partial charge in [-0.15, -0.1) is 11.3 Å². The van der Waals surface area contributed by atoms with Crippen LogP contribution < -0.4 is 9.64 Å². The third-order valence-electron chi connectivity index (χ3n) is 8.86. The van der Waals surface area contributed by atoms with E-state index in [2.05, 4.69) is 47.2 Å². The number of hydrogen-bond donors (Lipinski definition) is 1. The number of fused-ring (bicyclic) bond motifs is 2. The largest absolute Gasteiger partial charge is 0.488 e. The van der Waals surface area contributed by atoms with Gasteiger partial charge in [0.25, 0.3) is 0 Å². The zero-order valence-corrected chi connectivity index (χ0v) is 24.4. The topological polar surface area (TPSA) is 98.9 Å². The molecule has 4 atom stereocenters. The van der Waals surface area contributed by atoms with E-state index in [9.17, 15) is 15.2 Å². The molecule has 8 nitrogen and oxygen atoms in total. The molecule has 0 radical (unpaired) electrons. The van der Waals surface area contributed by atoms with Gasteiger partial charge in [0.15, 0.2) is 5.13 Å². The fourth-order valence-electron chi connectivity index (χ4n) is 6.62. The first-order valence-corrected chi connectivity index (χ1v) is 15.3. The number of anilines is 1. The summed E-state index contributed by atoms with van der Waals surface area (Å²) in [6, 6.07) is 14.9. The minimum absolute atomic E-state index is 0.189. The summed E-state index contributed by atoms with van der Waals surface area (Å²) >= 11 is 1.60. The van der Waals surface area contributed by atoms with E-state index in [4.69, 9.17) is 14.5 Å². The molecule has 6 rings (SSSR count). The van der Waals surface area contributed by atoms with E-state index in [1.807, 2.05) is 24.3 Å². The lowest BCUT2D eigenvalue weighted by Gasteiger charge is -2.35. The lowest BCUT2D eigenvalue weighted by atomic mass is 9.85. The number of benzene rings is 2. The molecule has 1 aromatic heterocycles. The number of morpholine rings is 1. The fraction of sp³-hybridized carbons (Fsp3) is 0.469. The van der Waals surface area contributed by atoms with E-state index >= 15 is 0 Å². The molecular weight excluding hydrogens is 536 g/mol. The maximum Gasteiger partial charge on any atom is 0.307 e. The summed E-state index contributed by atoms with van der Waals surface area (Å²) < 4.78 is 11.9. The predicted molar refractivity (Wildman–Crippen MR) is 158 cm³/mol. The van der Waals surface area contributed by atoms with Crippen molar-refractivity contribution < 1.29 is 19.4 Å². The Morgan fingerprint density at radius 1 is 1.22 bits per heavy atom. The summed E-state index contributed by atoms with van der Waals surface area (Å²) in [5.74, 6) is 0.230. The SMILES string of the molecule is Cc1ccc(OCc2ccc(CN3CCOCC3C)cc2C#N)c(-c2csc(N3C[C@H]4CC[C@@H](C3)[C@H]4C(=O)O)n2)c1. The van der Waals surface area contributed by atoms with Crippen LogP contribution in [-0.4, -0.2) is 59.8 Å². The van der Waals surface area contributed by atoms with Gasteiger partial charge in [0.2, 0.25) is 0 Å². The number of piperidine rings is 1. The zero-order chi connectivity index (χ0) is 28.5. The van der Waals surface area contributed by atoms with Crippen LogP contribution in [-0.2, 0) is 22.7 Å². The number of hydrogen-bond acceptors (Lipinski definition) is 8. The third-order valence-corrected chi connectivity index (χ3v) is 9.76. The molecule has 0 spiro atoms. The van der Waals surface area contributed by atoms with Crippen molar-refractivity contribution in [3.8, 4) is 23.1 Å². The fourth-order valence-corrected chi connectivity index (χ4v) is 7.47. The Morgan fingerprint density at radius 2 is 2.02 bits per heavy atom. The van der Waals surface area contributed by atoms with Gasteiger partial charge in [0.1, 0.15) is 12.4 Å². The quantitative estimate of drug-likeness (QED) is 0.386. The van der Waals surface area contributed by atoms with Gasteiger partial charge in [-0.3, -0.25) is 9.69 Å². The molecule has 9 heteroatoms. The second kappa shape index (κ2) is 11.8. The van der Waals surface area contributed by atoms with Crippen LogP contribution in [0.15, 0.2) is 41.8 Å². The van der Waals surface area contributed by atoms with Gasteiger partial charge in [-0.1, -0.05) is 23.8 Å². The molecule has 1 saturated carbocycles. The number of nitriles is 1. The number of nitrogens with zero attached hydrogens (tertiary/aromatic N) is 4. The molecule has 1 aliphatic carbocycles. The normalized spacial score (nSPS) is 24.3. The van der Waals surface area contributed by atoms with E-state index in [-0.39, 0.29) is 24.4 Å². The van der Waals surface area contributed by atoms with Gasteiger partial charge in [-0.25, -0.2) is 4.98 Å². The average Bonchev–Trinajstić information content (AvgIpc) is 3.56. The molecule has 2 aromatic carbocycles. The third kappa shape index (κ3) is 5.82. The number of carboxylic acid groups (broad SMARTS) is 1. The standard InChI is InChI=1S/C32H36N4O4S/c1-20-3-8-29(40-18-25-5-4-22(12-26(25)13-33)14-35-9-10-39-17-21(35)2)27(11-20)28-19-41-32(34-28)36-15-23-6-7-24(16-36)30(23)31(37)38/h3-5,8,11-12,19,21,23-24,30H,6-7,9-10,14-18H2,1-2H3,(H,37,38)/t21?,23-,24+,30+. The molecule has 3 fully saturated rings. The summed E-state index contributed by atoms with van der Waals surface area (Å²) in [4.78, 5) is 21.4. The highest BCUT2D eigenvalue weighted by atomic mass is 32.1. The Balaban J connectivity index is 1.17. The molecule has 0 amide bonds. The predicted octanol–water partition coefficient (Wildman–Crippen LogP) is 5.34. The van der Waals surface area contributed by atoms with Crippen molar-refractivity contribution in [1.82, 2.24) is 9.88 Å². The zero-order valence-electron chi connectivity index (χ0n) is 23.6. The smallest absolute Gasteiger partial charge is 0.307 e. The molecule has 2 bridgehead atoms. The molecule has 3 aliphatic rings. The van der Waals surface area contributed by atoms with Crippen LogP contribution in [0.1, 0.15) is 42.0 Å². The Labute approximate surface area is 245 Å². The van der Waals surface area contributed by atoms with Crippen LogP contribution in [0.4, 0.5) is 5.13 Å². The summed E-state index contributed by atoms with van der Waals surface area (Å²) in [7, 11) is 0. The van der Waals surface area contributed by atoms with E-state index in [1.165, 1.54) is 0 Å². The Morgan fingerprint density at radius 3 is 2.76 bits per heavy atom. The van der Waals surface area contributed by atoms with E-state index in [1.54, 1.807) is 11.3 Å². The van der Waals surface area contributed by atoms with Gasteiger partial charge in [0.05, 0.1) is 36.5 Å². The van der Waals surface area contributed by atoms with E-state index in [0.29, 0.717) is 11.6 Å². The van der Waals surface area contributed by atoms with Crippen LogP contribution in [0, 0.1) is 36.0 Å². The first kappa shape index (κ1) is 27.7. The number of ether oxygens (including phenoxy) is 2. The first-order chi connectivity index (χ1) is 19.9. The number of aliphatic carboxylic acids is 1. The van der Waals surface area contributed by atoms with Crippen LogP contribution in [0.3, 0.4) is 0 Å². The molecule has 3 aromatic rings. The number of aromatic nitrogens is 1. The van der Waals surface area contributed by atoms with Crippen LogP contribution in [0.25, 0.3) is 11.3 Å². The Bertz CT molecular complexity index is 1450. The molecule has 2 aliphatic heterocycles. The highest BCUT2D eigenvalue weighted by molar-refractivity contribution is 7.14. The minimum Gasteiger partial charge on any atom is -0.488 e. The minimum atomic E-state index is -0.653. The van der Waals surface area contributed by atoms with Crippen molar-refractivity contribution in [1.29, 1.82) is 5.26 Å². The number of carbonyl (C=O) groups is 1. The monoisotopic (exact) mass is 572 g/mol. The first-order valence-electron chi connectivity index (χ1n) is 14.4. The van der Waals surface area contributed by atoms with Gasteiger partial charge in [-0.2, -0.15) is 5.26 Å². The molecular formula is C32H36N4O4S. The van der Waals surface area contributed by atoms with E-state index in [0.717, 1.165) is 91.1 Å².